The van der Waals surface area contributed by atoms with Gasteiger partial charge in [-0.2, -0.15) is 0 Å². The molecule has 3 heterocycles. The number of aliphatic hydroxyl groups excluding tert-OH is 1. The summed E-state index contributed by atoms with van der Waals surface area (Å²) in [7, 11) is 1.50. The Morgan fingerprint density at radius 3 is 2.56 bits per heavy atom. The van der Waals surface area contributed by atoms with E-state index in [0.717, 1.165) is 50.6 Å². The number of pyridine rings is 1. The second-order valence-electron chi connectivity index (χ2n) is 18.8. The third-order valence-corrected chi connectivity index (χ3v) is 15.9. The molecule has 306 valence electrons. The van der Waals surface area contributed by atoms with E-state index in [2.05, 4.69) is 12.2 Å². The Morgan fingerprint density at radius 1 is 1.07 bits per heavy atom. The maximum atomic E-state index is 16.6. The Balaban J connectivity index is 0.966. The van der Waals surface area contributed by atoms with Crippen LogP contribution in [0.2, 0.25) is 0 Å². The van der Waals surface area contributed by atoms with E-state index >= 15 is 4.39 Å². The van der Waals surface area contributed by atoms with Crippen molar-refractivity contribution >= 4 is 33.9 Å². The van der Waals surface area contributed by atoms with Crippen molar-refractivity contribution in [3.05, 3.63) is 56.7 Å². The Kier molecular flexibility index (Phi) is 9.31. The van der Waals surface area contributed by atoms with Gasteiger partial charge in [-0.1, -0.05) is 25.5 Å². The second-order valence-corrected chi connectivity index (χ2v) is 18.8. The number of ether oxygens (including phenoxy) is 2. The fraction of sp³-hybridized carbons (Fsp3) is 0.644. The van der Waals surface area contributed by atoms with E-state index in [1.165, 1.54) is 7.11 Å². The lowest BCUT2D eigenvalue weighted by Gasteiger charge is -2.59. The van der Waals surface area contributed by atoms with Crippen molar-refractivity contribution in [2.24, 2.45) is 34.5 Å². The molecule has 2 saturated heterocycles. The van der Waals surface area contributed by atoms with Gasteiger partial charge in [0.15, 0.2) is 28.9 Å². The average molecular weight is 786 g/mol. The summed E-state index contributed by atoms with van der Waals surface area (Å²) in [5, 5.41) is 27.6. The quantitative estimate of drug-likeness (QED) is 0.295. The van der Waals surface area contributed by atoms with Gasteiger partial charge in [0.1, 0.15) is 24.5 Å². The molecule has 0 radical (unpaired) electrons. The first-order chi connectivity index (χ1) is 27.1. The number of aliphatic hydroxyl groups is 2. The van der Waals surface area contributed by atoms with Gasteiger partial charge in [-0.05, 0) is 108 Å². The Morgan fingerprint density at radius 2 is 1.84 bits per heavy atom. The van der Waals surface area contributed by atoms with Crippen molar-refractivity contribution in [1.29, 1.82) is 0 Å². The topological polar surface area (TPSA) is 147 Å². The number of ketones is 3. The zero-order valence-electron chi connectivity index (χ0n) is 33.8. The molecule has 2 unspecified atom stereocenters. The molecule has 57 heavy (non-hydrogen) atoms. The van der Waals surface area contributed by atoms with Crippen LogP contribution in [0.25, 0.3) is 10.9 Å². The Bertz CT molecular complexity index is 2200. The van der Waals surface area contributed by atoms with Crippen LogP contribution < -0.4 is 20.4 Å². The number of aromatic nitrogens is 1. The van der Waals surface area contributed by atoms with Crippen molar-refractivity contribution in [1.82, 2.24) is 9.88 Å². The number of aryl methyl sites for hydroxylation is 1. The molecule has 4 saturated carbocycles. The highest BCUT2D eigenvalue weighted by Gasteiger charge is 2.68. The van der Waals surface area contributed by atoms with Gasteiger partial charge in [-0.15, -0.1) is 0 Å². The molecule has 6 fully saturated rings. The third-order valence-electron chi connectivity index (χ3n) is 15.9. The number of benzene rings is 1. The number of carbonyl (C=O) groups is 3. The summed E-state index contributed by atoms with van der Waals surface area (Å²) < 4.78 is 30.4. The molecular weight excluding hydrogens is 730 g/mol. The number of methoxy groups -OCH3 is 1. The van der Waals surface area contributed by atoms with Crippen molar-refractivity contribution in [3.8, 4) is 5.75 Å². The standard InChI is InChI=1S/C45H56FN3O8/c1-23-35-39(42(56-5)40(38(23)46)48-19-25-7-6-16-47-31(25)20-48)49(27-9-10-27)24(2)36(41(35)54)33(52)21-57-22-34(53)45(55)15-13-30-29-11-8-26-17-28(50)12-14-43(26,3)37(29)32(51)18-44(30,45)4/h12,14,17,25,27,29-32,37,47,51,55H,6-11,13,15-16,18-22H2,1-5H3/t25?,29-,30-,31?,32-,37+,43-,44-,45-/m0/s1. The zero-order chi connectivity index (χ0) is 40.3. The highest BCUT2D eigenvalue weighted by Crippen LogP contribution is 2.67. The van der Waals surface area contributed by atoms with Gasteiger partial charge in [0.05, 0.1) is 29.7 Å². The van der Waals surface area contributed by atoms with Gasteiger partial charge in [-0.25, -0.2) is 4.39 Å². The van der Waals surface area contributed by atoms with Crippen LogP contribution in [0.4, 0.5) is 10.1 Å². The minimum atomic E-state index is -1.77. The molecule has 2 aliphatic heterocycles. The number of fused-ring (bicyclic) bond motifs is 7. The number of hydrogen-bond donors (Lipinski definition) is 3. The van der Waals surface area contributed by atoms with E-state index in [1.54, 1.807) is 26.0 Å². The Labute approximate surface area is 332 Å². The molecule has 2 aromatic rings. The van der Waals surface area contributed by atoms with Crippen molar-refractivity contribution < 1.29 is 38.5 Å². The van der Waals surface area contributed by atoms with Crippen LogP contribution >= 0.6 is 0 Å². The van der Waals surface area contributed by atoms with Gasteiger partial charge < -0.3 is 34.5 Å². The molecular formula is C45H56FN3O8. The number of carbonyl (C=O) groups excluding carboxylic acids is 3. The van der Waals surface area contributed by atoms with Crippen LogP contribution in [-0.4, -0.2) is 89.8 Å². The summed E-state index contributed by atoms with van der Waals surface area (Å²) in [6.45, 7) is 8.46. The molecule has 11 nitrogen and oxygen atoms in total. The lowest BCUT2D eigenvalue weighted by molar-refractivity contribution is -0.179. The molecule has 9 atom stereocenters. The minimum Gasteiger partial charge on any atom is -0.492 e. The van der Waals surface area contributed by atoms with Gasteiger partial charge in [0, 0.05) is 53.2 Å². The monoisotopic (exact) mass is 785 g/mol. The smallest absolute Gasteiger partial charge is 0.201 e. The fourth-order valence-electron chi connectivity index (χ4n) is 12.9. The number of allylic oxidation sites excluding steroid dienone is 4. The van der Waals surface area contributed by atoms with Crippen LogP contribution in [0, 0.1) is 54.2 Å². The van der Waals surface area contributed by atoms with Crippen LogP contribution in [0.5, 0.6) is 5.75 Å². The van der Waals surface area contributed by atoms with Gasteiger partial charge in [-0.3, -0.25) is 19.2 Å². The molecule has 0 bridgehead atoms. The van der Waals surface area contributed by atoms with Gasteiger partial charge >= 0.3 is 0 Å². The lowest BCUT2D eigenvalue weighted by atomic mass is 9.46. The first-order valence-corrected chi connectivity index (χ1v) is 21.1. The average Bonchev–Trinajstić information content (AvgIpc) is 3.85. The van der Waals surface area contributed by atoms with Crippen LogP contribution in [0.3, 0.4) is 0 Å². The second kappa shape index (κ2) is 13.7. The van der Waals surface area contributed by atoms with Crippen molar-refractivity contribution in [2.45, 2.75) is 109 Å². The van der Waals surface area contributed by atoms with E-state index in [9.17, 15) is 29.4 Å². The fourth-order valence-corrected chi connectivity index (χ4v) is 12.9. The normalized spacial score (nSPS) is 35.8. The number of rotatable bonds is 9. The number of piperidine rings is 1. The van der Waals surface area contributed by atoms with E-state index in [0.29, 0.717) is 48.1 Å². The van der Waals surface area contributed by atoms with Gasteiger partial charge in [0.25, 0.3) is 0 Å². The molecule has 5 aliphatic carbocycles. The zero-order valence-corrected chi connectivity index (χ0v) is 33.8. The molecule has 1 aromatic heterocycles. The number of hydrogen-bond acceptors (Lipinski definition) is 10. The van der Waals surface area contributed by atoms with E-state index < -0.39 is 58.6 Å². The summed E-state index contributed by atoms with van der Waals surface area (Å²) in [6.07, 6.45) is 10.8. The van der Waals surface area contributed by atoms with E-state index in [4.69, 9.17) is 9.47 Å². The van der Waals surface area contributed by atoms with E-state index in [1.807, 2.05) is 22.5 Å². The predicted molar refractivity (Wildman–Crippen MR) is 212 cm³/mol. The molecule has 1 aromatic carbocycles. The lowest BCUT2D eigenvalue weighted by Crippen LogP contribution is -2.61. The first kappa shape index (κ1) is 38.8. The minimum absolute atomic E-state index is 0.0123. The summed E-state index contributed by atoms with van der Waals surface area (Å²) in [5.41, 5.74) is -1.33. The first-order valence-electron chi connectivity index (χ1n) is 21.1. The van der Waals surface area contributed by atoms with Crippen LogP contribution in [-0.2, 0) is 14.3 Å². The van der Waals surface area contributed by atoms with Crippen LogP contribution in [0.15, 0.2) is 28.6 Å². The molecule has 12 heteroatoms. The molecule has 7 aliphatic rings. The molecule has 0 spiro atoms. The molecule has 0 amide bonds. The number of nitrogens with one attached hydrogen (secondary N) is 1. The maximum absolute atomic E-state index is 16.6. The summed E-state index contributed by atoms with van der Waals surface area (Å²) >= 11 is 0. The number of halogens is 1. The largest absolute Gasteiger partial charge is 0.492 e. The predicted octanol–water partition coefficient (Wildman–Crippen LogP) is 5.07. The molecule has 3 N–H and O–H groups in total. The van der Waals surface area contributed by atoms with E-state index in [-0.39, 0.29) is 65.0 Å². The Hall–Kier alpha value is -3.71. The molecule has 9 rings (SSSR count). The summed E-state index contributed by atoms with van der Waals surface area (Å²) in [4.78, 5) is 56.7. The number of nitrogens with zero attached hydrogens (tertiary/aromatic N) is 2. The van der Waals surface area contributed by atoms with Gasteiger partial charge in [0.2, 0.25) is 5.43 Å². The highest BCUT2D eigenvalue weighted by molar-refractivity contribution is 6.04. The number of anilines is 1. The third kappa shape index (κ3) is 5.63. The van der Waals surface area contributed by atoms with Crippen molar-refractivity contribution in [3.63, 3.8) is 0 Å². The van der Waals surface area contributed by atoms with Crippen LogP contribution in [0.1, 0.15) is 99.3 Å². The SMILES string of the molecule is COc1c(N2CC3CCCNC3C2)c(F)c(C)c2c(=O)c(C(=O)COCC(=O)[C@@]3(O)CC[C@H]4[C@@H]5CCC6=CC(=O)C=C[C@]6(C)[C@H]5[C@@H](O)C[C@@]43C)c(C)n(C3CC3)c12. The number of Topliss-reactive ketones (excluding diaryl/α,β-unsaturated/α-hetero) is 2. The maximum Gasteiger partial charge on any atom is 0.201 e. The highest BCUT2D eigenvalue weighted by atomic mass is 19.1. The van der Waals surface area contributed by atoms with Crippen molar-refractivity contribution in [2.75, 3.05) is 44.9 Å². The summed E-state index contributed by atoms with van der Waals surface area (Å²) in [5.74, 6) is -1.14. The summed E-state index contributed by atoms with van der Waals surface area (Å²) in [6, 6.07) is 0.270.